The van der Waals surface area contributed by atoms with Crippen LogP contribution in [0.15, 0.2) is 18.2 Å². The van der Waals surface area contributed by atoms with Gasteiger partial charge in [-0.05, 0) is 37.5 Å². The van der Waals surface area contributed by atoms with Crippen molar-refractivity contribution in [2.45, 2.75) is 45.5 Å². The second kappa shape index (κ2) is 10.9. The van der Waals surface area contributed by atoms with E-state index in [2.05, 4.69) is 15.4 Å². The van der Waals surface area contributed by atoms with Crippen molar-refractivity contribution in [3.8, 4) is 0 Å². The summed E-state index contributed by atoms with van der Waals surface area (Å²) in [6.07, 6.45) is -4.10. The maximum absolute atomic E-state index is 12.5. The van der Waals surface area contributed by atoms with E-state index in [1.165, 1.54) is 25.1 Å². The highest BCUT2D eigenvalue weighted by atomic mass is 35.5. The molecular formula is C18H23Cl2F3N2O3. The summed E-state index contributed by atoms with van der Waals surface area (Å²) >= 11 is 11.8. The fraction of sp³-hybridized carbons (Fsp3) is 0.556. The van der Waals surface area contributed by atoms with Gasteiger partial charge in [-0.15, -0.1) is 0 Å². The summed E-state index contributed by atoms with van der Waals surface area (Å²) in [6, 6.07) is 2.80. The van der Waals surface area contributed by atoms with Crippen molar-refractivity contribution in [2.24, 2.45) is 5.92 Å². The quantitative estimate of drug-likeness (QED) is 0.601. The molecule has 0 fully saturated rings. The van der Waals surface area contributed by atoms with Crippen LogP contribution in [-0.2, 0) is 9.53 Å². The fourth-order valence-electron chi connectivity index (χ4n) is 2.35. The van der Waals surface area contributed by atoms with Crippen LogP contribution >= 0.6 is 23.2 Å². The minimum atomic E-state index is -4.43. The molecule has 0 aliphatic carbocycles. The maximum Gasteiger partial charge on any atom is 0.411 e. The smallest absolute Gasteiger partial charge is 0.370 e. The number of amides is 2. The van der Waals surface area contributed by atoms with E-state index < -0.39 is 36.7 Å². The highest BCUT2D eigenvalue weighted by Crippen LogP contribution is 2.21. The summed E-state index contributed by atoms with van der Waals surface area (Å²) in [4.78, 5) is 25.0. The van der Waals surface area contributed by atoms with Crippen molar-refractivity contribution < 1.29 is 27.5 Å². The Bertz CT molecular complexity index is 685. The predicted octanol–water partition coefficient (Wildman–Crippen LogP) is 4.22. The molecule has 28 heavy (non-hydrogen) atoms. The Morgan fingerprint density at radius 1 is 1.14 bits per heavy atom. The molecule has 0 saturated carbocycles. The van der Waals surface area contributed by atoms with Crippen molar-refractivity contribution >= 4 is 35.0 Å². The van der Waals surface area contributed by atoms with Crippen LogP contribution in [0.5, 0.6) is 0 Å². The summed E-state index contributed by atoms with van der Waals surface area (Å²) in [5.41, 5.74) is 0.161. The number of carbonyl (C=O) groups excluding carboxylic acids is 2. The molecule has 0 aliphatic rings. The van der Waals surface area contributed by atoms with Gasteiger partial charge in [0.2, 0.25) is 5.91 Å². The summed E-state index contributed by atoms with van der Waals surface area (Å²) in [7, 11) is 0. The van der Waals surface area contributed by atoms with Gasteiger partial charge in [-0.1, -0.05) is 37.0 Å². The molecule has 2 atom stereocenters. The number of nitrogens with one attached hydrogen (secondary N) is 2. The number of halogens is 5. The SMILES string of the molecule is CC(C)CC(NC(=O)c1ccc(Cl)cc1Cl)C(=O)NC(C)COCC(F)(F)F. The van der Waals surface area contributed by atoms with Crippen molar-refractivity contribution in [3.63, 3.8) is 0 Å². The molecule has 0 bridgehead atoms. The summed E-state index contributed by atoms with van der Waals surface area (Å²) in [5, 5.41) is 5.67. The summed E-state index contributed by atoms with van der Waals surface area (Å²) < 4.78 is 40.9. The molecule has 1 aromatic carbocycles. The standard InChI is InChI=1S/C18H23Cl2F3N2O3/c1-10(2)6-15(17(27)24-11(3)8-28-9-18(21,22)23)25-16(26)13-5-4-12(19)7-14(13)20/h4-5,7,10-11,15H,6,8-9H2,1-3H3,(H,24,27)(H,25,26). The zero-order valence-electron chi connectivity index (χ0n) is 15.7. The van der Waals surface area contributed by atoms with Crippen LogP contribution in [0, 0.1) is 5.92 Å². The summed E-state index contributed by atoms with van der Waals surface area (Å²) in [6.45, 7) is 3.55. The van der Waals surface area contributed by atoms with Crippen molar-refractivity contribution in [1.82, 2.24) is 10.6 Å². The number of rotatable bonds is 9. The Balaban J connectivity index is 2.73. The van der Waals surface area contributed by atoms with Crippen LogP contribution < -0.4 is 10.6 Å². The molecule has 0 saturated heterocycles. The van der Waals surface area contributed by atoms with Gasteiger partial charge in [-0.3, -0.25) is 9.59 Å². The highest BCUT2D eigenvalue weighted by molar-refractivity contribution is 6.36. The molecule has 2 unspecified atom stereocenters. The molecule has 0 radical (unpaired) electrons. The minimum Gasteiger partial charge on any atom is -0.370 e. The maximum atomic E-state index is 12.5. The molecule has 0 heterocycles. The van der Waals surface area contributed by atoms with E-state index in [0.29, 0.717) is 11.4 Å². The number of alkyl halides is 3. The van der Waals surface area contributed by atoms with E-state index in [4.69, 9.17) is 23.2 Å². The Labute approximate surface area is 171 Å². The van der Waals surface area contributed by atoms with Gasteiger partial charge in [0.15, 0.2) is 0 Å². The van der Waals surface area contributed by atoms with Crippen LogP contribution in [0.1, 0.15) is 37.6 Å². The first-order valence-electron chi connectivity index (χ1n) is 8.59. The summed E-state index contributed by atoms with van der Waals surface area (Å²) in [5.74, 6) is -0.993. The minimum absolute atomic E-state index is 0.0773. The first-order valence-corrected chi connectivity index (χ1v) is 9.35. The Morgan fingerprint density at radius 3 is 2.32 bits per heavy atom. The zero-order valence-corrected chi connectivity index (χ0v) is 17.2. The van der Waals surface area contributed by atoms with E-state index in [-0.39, 0.29) is 23.1 Å². The molecule has 0 aromatic heterocycles. The third-order valence-electron chi connectivity index (χ3n) is 3.53. The molecule has 2 amide bonds. The van der Waals surface area contributed by atoms with Gasteiger partial charge in [-0.25, -0.2) is 0 Å². The average molecular weight is 443 g/mol. The van der Waals surface area contributed by atoms with E-state index in [1.807, 2.05) is 13.8 Å². The molecular weight excluding hydrogens is 420 g/mol. The molecule has 10 heteroatoms. The number of benzene rings is 1. The number of hydrogen-bond acceptors (Lipinski definition) is 3. The van der Waals surface area contributed by atoms with E-state index in [9.17, 15) is 22.8 Å². The third kappa shape index (κ3) is 9.12. The van der Waals surface area contributed by atoms with Gasteiger partial charge >= 0.3 is 6.18 Å². The van der Waals surface area contributed by atoms with Gasteiger partial charge in [-0.2, -0.15) is 13.2 Å². The van der Waals surface area contributed by atoms with Gasteiger partial charge in [0.05, 0.1) is 17.2 Å². The first-order chi connectivity index (χ1) is 12.9. The molecule has 1 rings (SSSR count). The van der Waals surface area contributed by atoms with Gasteiger partial charge in [0, 0.05) is 11.1 Å². The molecule has 0 aliphatic heterocycles. The van der Waals surface area contributed by atoms with E-state index in [0.717, 1.165) is 0 Å². The van der Waals surface area contributed by atoms with Gasteiger partial charge in [0.1, 0.15) is 12.6 Å². The second-order valence-corrected chi connectivity index (χ2v) is 7.66. The van der Waals surface area contributed by atoms with Crippen LogP contribution in [0.3, 0.4) is 0 Å². The molecule has 5 nitrogen and oxygen atoms in total. The van der Waals surface area contributed by atoms with Crippen molar-refractivity contribution in [1.29, 1.82) is 0 Å². The number of carbonyl (C=O) groups is 2. The van der Waals surface area contributed by atoms with Crippen molar-refractivity contribution in [2.75, 3.05) is 13.2 Å². The van der Waals surface area contributed by atoms with Crippen LogP contribution in [-0.4, -0.2) is 43.3 Å². The largest absolute Gasteiger partial charge is 0.411 e. The Morgan fingerprint density at radius 2 is 1.79 bits per heavy atom. The Hall–Kier alpha value is -1.51. The normalized spacial score (nSPS) is 13.9. The number of ether oxygens (including phenoxy) is 1. The average Bonchev–Trinajstić information content (AvgIpc) is 2.52. The van der Waals surface area contributed by atoms with Crippen LogP contribution in [0.25, 0.3) is 0 Å². The topological polar surface area (TPSA) is 67.4 Å². The highest BCUT2D eigenvalue weighted by Gasteiger charge is 2.28. The fourth-order valence-corrected chi connectivity index (χ4v) is 2.84. The Kier molecular flexibility index (Phi) is 9.53. The van der Waals surface area contributed by atoms with Gasteiger partial charge < -0.3 is 15.4 Å². The van der Waals surface area contributed by atoms with E-state index >= 15 is 0 Å². The van der Waals surface area contributed by atoms with Crippen molar-refractivity contribution in [3.05, 3.63) is 33.8 Å². The van der Waals surface area contributed by atoms with E-state index in [1.54, 1.807) is 0 Å². The molecule has 0 spiro atoms. The predicted molar refractivity (Wildman–Crippen MR) is 102 cm³/mol. The number of hydrogen-bond donors (Lipinski definition) is 2. The molecule has 158 valence electrons. The monoisotopic (exact) mass is 442 g/mol. The third-order valence-corrected chi connectivity index (χ3v) is 4.07. The molecule has 1 aromatic rings. The van der Waals surface area contributed by atoms with Crippen LogP contribution in [0.4, 0.5) is 13.2 Å². The lowest BCUT2D eigenvalue weighted by Crippen LogP contribution is -2.50. The lowest BCUT2D eigenvalue weighted by molar-refractivity contribution is -0.175. The zero-order chi connectivity index (χ0) is 21.5. The second-order valence-electron chi connectivity index (χ2n) is 6.82. The lowest BCUT2D eigenvalue weighted by atomic mass is 10.0. The molecule has 2 N–H and O–H groups in total. The first kappa shape index (κ1) is 24.5. The van der Waals surface area contributed by atoms with Crippen LogP contribution in [0.2, 0.25) is 10.0 Å². The van der Waals surface area contributed by atoms with Gasteiger partial charge in [0.25, 0.3) is 5.91 Å². The lowest BCUT2D eigenvalue weighted by Gasteiger charge is -2.23.